The second-order valence-corrected chi connectivity index (χ2v) is 7.84. The van der Waals surface area contributed by atoms with E-state index in [1.165, 1.54) is 34.1 Å². The number of thiazole rings is 1. The van der Waals surface area contributed by atoms with E-state index < -0.39 is 23.0 Å². The Bertz CT molecular complexity index is 824. The van der Waals surface area contributed by atoms with Crippen LogP contribution in [0.4, 0.5) is 9.52 Å². The smallest absolute Gasteiger partial charge is 0.275 e. The highest BCUT2D eigenvalue weighted by atomic mass is 32.2. The van der Waals surface area contributed by atoms with E-state index in [0.29, 0.717) is 27.9 Å². The maximum Gasteiger partial charge on any atom is 0.275 e. The van der Waals surface area contributed by atoms with Gasteiger partial charge in [-0.3, -0.25) is 9.59 Å². The first kappa shape index (κ1) is 17.7. The van der Waals surface area contributed by atoms with Crippen LogP contribution in [0.15, 0.2) is 24.3 Å². The summed E-state index contributed by atoms with van der Waals surface area (Å²) in [5.41, 5.74) is 5.86. The molecule has 132 valence electrons. The molecule has 0 radical (unpaired) electrons. The molecule has 0 bridgehead atoms. The third-order valence-corrected chi connectivity index (χ3v) is 6.19. The van der Waals surface area contributed by atoms with E-state index >= 15 is 0 Å². The third kappa shape index (κ3) is 3.34. The van der Waals surface area contributed by atoms with Gasteiger partial charge in [-0.15, -0.1) is 11.8 Å². The minimum Gasteiger partial charge on any atom is -0.367 e. The lowest BCUT2D eigenvalue weighted by Crippen LogP contribution is -2.42. The number of benzene rings is 1. The molecule has 1 aromatic heterocycles. The minimum absolute atomic E-state index is 0.146. The van der Waals surface area contributed by atoms with Gasteiger partial charge < -0.3 is 15.5 Å². The lowest BCUT2D eigenvalue weighted by Gasteiger charge is -2.20. The average molecular weight is 380 g/mol. The van der Waals surface area contributed by atoms with Crippen LogP contribution in [-0.2, 0) is 4.79 Å². The average Bonchev–Trinajstić information content (AvgIpc) is 3.22. The SMILES string of the molecule is CN(C)c1nc(C(=O)N2CCSC2C(N)=O)c(-c2ccccc2F)s1. The molecule has 1 aliphatic heterocycles. The third-order valence-electron chi connectivity index (χ3n) is 3.71. The van der Waals surface area contributed by atoms with Crippen molar-refractivity contribution in [1.29, 1.82) is 0 Å². The predicted octanol–water partition coefficient (Wildman–Crippen LogP) is 2.02. The highest BCUT2D eigenvalue weighted by Crippen LogP contribution is 2.37. The molecule has 1 aromatic carbocycles. The summed E-state index contributed by atoms with van der Waals surface area (Å²) in [6.07, 6.45) is 0. The van der Waals surface area contributed by atoms with E-state index in [1.54, 1.807) is 37.2 Å². The van der Waals surface area contributed by atoms with E-state index in [-0.39, 0.29) is 5.69 Å². The molecule has 0 saturated carbocycles. The van der Waals surface area contributed by atoms with Crippen LogP contribution in [0.3, 0.4) is 0 Å². The monoisotopic (exact) mass is 380 g/mol. The molecule has 1 saturated heterocycles. The number of hydrogen-bond acceptors (Lipinski definition) is 6. The van der Waals surface area contributed by atoms with E-state index in [4.69, 9.17) is 5.73 Å². The van der Waals surface area contributed by atoms with Crippen LogP contribution >= 0.6 is 23.1 Å². The van der Waals surface area contributed by atoms with Crippen LogP contribution in [-0.4, -0.2) is 53.5 Å². The molecule has 2 N–H and O–H groups in total. The van der Waals surface area contributed by atoms with E-state index in [0.717, 1.165) is 0 Å². The van der Waals surface area contributed by atoms with Gasteiger partial charge in [-0.1, -0.05) is 29.5 Å². The van der Waals surface area contributed by atoms with Gasteiger partial charge in [0.15, 0.2) is 10.5 Å². The van der Waals surface area contributed by atoms with Gasteiger partial charge in [0.25, 0.3) is 11.8 Å². The number of nitrogens with zero attached hydrogens (tertiary/aromatic N) is 3. The number of nitrogens with two attached hydrogens (primary N) is 1. The summed E-state index contributed by atoms with van der Waals surface area (Å²) in [7, 11) is 3.60. The molecule has 0 spiro atoms. The van der Waals surface area contributed by atoms with Crippen molar-refractivity contribution in [2.24, 2.45) is 5.73 Å². The number of primary amides is 1. The summed E-state index contributed by atoms with van der Waals surface area (Å²) in [4.78, 5) is 32.6. The summed E-state index contributed by atoms with van der Waals surface area (Å²) in [6, 6.07) is 6.26. The molecule has 2 amide bonds. The van der Waals surface area contributed by atoms with Gasteiger partial charge in [0.05, 0.1) is 4.88 Å². The Morgan fingerprint density at radius 2 is 2.08 bits per heavy atom. The molecule has 2 aromatic rings. The molecule has 0 aliphatic carbocycles. The number of aromatic nitrogens is 1. The van der Waals surface area contributed by atoms with E-state index in [1.807, 2.05) is 0 Å². The maximum atomic E-state index is 14.3. The Labute approximate surface area is 152 Å². The number of carbonyl (C=O) groups is 2. The van der Waals surface area contributed by atoms with Crippen molar-refractivity contribution in [1.82, 2.24) is 9.88 Å². The number of hydrogen-bond donors (Lipinski definition) is 1. The lowest BCUT2D eigenvalue weighted by molar-refractivity contribution is -0.119. The summed E-state index contributed by atoms with van der Waals surface area (Å²) >= 11 is 2.56. The highest BCUT2D eigenvalue weighted by Gasteiger charge is 2.36. The standard InChI is InChI=1S/C16H17FN4O2S2/c1-20(2)16-19-11(12(25-16)9-5-3-4-6-10(9)17)14(23)21-7-8-24-15(21)13(18)22/h3-6,15H,7-8H2,1-2H3,(H2,18,22). The first-order valence-corrected chi connectivity index (χ1v) is 9.41. The second-order valence-electron chi connectivity index (χ2n) is 5.67. The Morgan fingerprint density at radius 1 is 1.36 bits per heavy atom. The Hall–Kier alpha value is -2.13. The van der Waals surface area contributed by atoms with Crippen LogP contribution in [0, 0.1) is 5.82 Å². The number of amides is 2. The molecule has 1 fully saturated rings. The molecule has 6 nitrogen and oxygen atoms in total. The molecule has 2 heterocycles. The maximum absolute atomic E-state index is 14.3. The van der Waals surface area contributed by atoms with Gasteiger partial charge in [-0.05, 0) is 6.07 Å². The quantitative estimate of drug-likeness (QED) is 0.878. The minimum atomic E-state index is -0.717. The van der Waals surface area contributed by atoms with Gasteiger partial charge in [-0.25, -0.2) is 9.37 Å². The van der Waals surface area contributed by atoms with Crippen LogP contribution in [0.2, 0.25) is 0 Å². The topological polar surface area (TPSA) is 79.5 Å². The summed E-state index contributed by atoms with van der Waals surface area (Å²) in [5, 5.41) is -0.130. The highest BCUT2D eigenvalue weighted by molar-refractivity contribution is 8.00. The molecule has 25 heavy (non-hydrogen) atoms. The van der Waals surface area contributed by atoms with Crippen LogP contribution in [0.1, 0.15) is 10.5 Å². The molecular weight excluding hydrogens is 363 g/mol. The molecule has 1 atom stereocenters. The fraction of sp³-hybridized carbons (Fsp3) is 0.312. The Kier molecular flexibility index (Phi) is 4.96. The van der Waals surface area contributed by atoms with Crippen molar-refractivity contribution < 1.29 is 14.0 Å². The van der Waals surface area contributed by atoms with Crippen molar-refractivity contribution in [2.75, 3.05) is 31.3 Å². The number of thioether (sulfide) groups is 1. The molecule has 9 heteroatoms. The summed E-state index contributed by atoms with van der Waals surface area (Å²) in [5.74, 6) is -0.769. The largest absolute Gasteiger partial charge is 0.367 e. The van der Waals surface area contributed by atoms with Crippen molar-refractivity contribution in [2.45, 2.75) is 5.37 Å². The van der Waals surface area contributed by atoms with Crippen LogP contribution < -0.4 is 10.6 Å². The van der Waals surface area contributed by atoms with Crippen molar-refractivity contribution >= 4 is 40.0 Å². The summed E-state index contributed by atoms with van der Waals surface area (Å²) < 4.78 is 14.3. The predicted molar refractivity (Wildman–Crippen MR) is 98.3 cm³/mol. The van der Waals surface area contributed by atoms with Crippen molar-refractivity contribution in [3.63, 3.8) is 0 Å². The zero-order valence-corrected chi connectivity index (χ0v) is 15.4. The van der Waals surface area contributed by atoms with Gasteiger partial charge in [0.1, 0.15) is 11.5 Å². The Balaban J connectivity index is 2.07. The molecule has 1 aliphatic rings. The fourth-order valence-corrected chi connectivity index (χ4v) is 4.60. The van der Waals surface area contributed by atoms with Crippen LogP contribution in [0.25, 0.3) is 10.4 Å². The summed E-state index contributed by atoms with van der Waals surface area (Å²) in [6.45, 7) is 0.405. The Morgan fingerprint density at radius 3 is 2.72 bits per heavy atom. The normalized spacial score (nSPS) is 16.9. The van der Waals surface area contributed by atoms with Crippen molar-refractivity contribution in [3.05, 3.63) is 35.8 Å². The second kappa shape index (κ2) is 7.01. The molecule has 1 unspecified atom stereocenters. The van der Waals surface area contributed by atoms with E-state index in [9.17, 15) is 14.0 Å². The van der Waals surface area contributed by atoms with Gasteiger partial charge >= 0.3 is 0 Å². The zero-order chi connectivity index (χ0) is 18.1. The molecule has 3 rings (SSSR count). The van der Waals surface area contributed by atoms with Crippen molar-refractivity contribution in [3.8, 4) is 10.4 Å². The van der Waals surface area contributed by atoms with Gasteiger partial charge in [0.2, 0.25) is 0 Å². The zero-order valence-electron chi connectivity index (χ0n) is 13.7. The van der Waals surface area contributed by atoms with Gasteiger partial charge in [0, 0.05) is 32.0 Å². The lowest BCUT2D eigenvalue weighted by atomic mass is 10.1. The first-order chi connectivity index (χ1) is 11.9. The van der Waals surface area contributed by atoms with Gasteiger partial charge in [-0.2, -0.15) is 0 Å². The number of anilines is 1. The first-order valence-electron chi connectivity index (χ1n) is 7.55. The van der Waals surface area contributed by atoms with E-state index in [2.05, 4.69) is 4.98 Å². The van der Waals surface area contributed by atoms with Crippen LogP contribution in [0.5, 0.6) is 0 Å². The fourth-order valence-electron chi connectivity index (χ4n) is 2.52. The number of carbonyl (C=O) groups excluding carboxylic acids is 2. The number of halogens is 1. The molecular formula is C16H17FN4O2S2. The number of rotatable bonds is 4.